The molecule has 2 atom stereocenters. The van der Waals surface area contributed by atoms with Crippen molar-refractivity contribution in [2.75, 3.05) is 13.1 Å². The van der Waals surface area contributed by atoms with Gasteiger partial charge in [0.15, 0.2) is 0 Å². The summed E-state index contributed by atoms with van der Waals surface area (Å²) in [5.74, 6) is -0.00674. The first-order valence-corrected chi connectivity index (χ1v) is 8.53. The Morgan fingerprint density at radius 3 is 2.44 bits per heavy atom. The molecule has 0 spiro atoms. The van der Waals surface area contributed by atoms with E-state index in [2.05, 4.69) is 10.6 Å². The molecule has 2 amide bonds. The molecule has 1 aliphatic carbocycles. The van der Waals surface area contributed by atoms with Gasteiger partial charge >= 0.3 is 0 Å². The van der Waals surface area contributed by atoms with Crippen molar-refractivity contribution in [1.29, 1.82) is 0 Å². The average molecular weight is 359 g/mol. The Kier molecular flexibility index (Phi) is 5.24. The highest BCUT2D eigenvalue weighted by Crippen LogP contribution is 2.49. The van der Waals surface area contributed by atoms with Gasteiger partial charge in [-0.15, -0.1) is 0 Å². The zero-order chi connectivity index (χ0) is 17.8. The van der Waals surface area contributed by atoms with Crippen LogP contribution in [0.1, 0.15) is 28.3 Å². The lowest BCUT2D eigenvalue weighted by molar-refractivity contribution is -0.122. The number of phenols is 1. The maximum absolute atomic E-state index is 12.2. The van der Waals surface area contributed by atoms with Gasteiger partial charge in [-0.25, -0.2) is 0 Å². The average Bonchev–Trinajstić information content (AvgIpc) is 3.40. The Hall–Kier alpha value is -2.53. The van der Waals surface area contributed by atoms with Gasteiger partial charge in [-0.1, -0.05) is 29.8 Å². The summed E-state index contributed by atoms with van der Waals surface area (Å²) >= 11 is 6.16. The zero-order valence-corrected chi connectivity index (χ0v) is 14.3. The lowest BCUT2D eigenvalue weighted by atomic mass is 10.1. The van der Waals surface area contributed by atoms with Crippen molar-refractivity contribution in [3.8, 4) is 5.75 Å². The molecule has 0 aromatic heterocycles. The molecule has 1 fully saturated rings. The molecule has 1 saturated carbocycles. The van der Waals surface area contributed by atoms with Gasteiger partial charge in [-0.2, -0.15) is 0 Å². The van der Waals surface area contributed by atoms with Gasteiger partial charge in [0.1, 0.15) is 5.75 Å². The maximum atomic E-state index is 12.2. The van der Waals surface area contributed by atoms with Crippen molar-refractivity contribution in [2.24, 2.45) is 5.92 Å². The molecule has 0 radical (unpaired) electrons. The van der Waals surface area contributed by atoms with Gasteiger partial charge in [0, 0.05) is 29.6 Å². The Labute approximate surface area is 151 Å². The number of phenolic OH excluding ortho intramolecular Hbond substituents is 1. The van der Waals surface area contributed by atoms with E-state index >= 15 is 0 Å². The minimum absolute atomic E-state index is 0.0104. The van der Waals surface area contributed by atoms with Crippen molar-refractivity contribution >= 4 is 23.4 Å². The Balaban J connectivity index is 1.40. The Morgan fingerprint density at radius 2 is 1.72 bits per heavy atom. The van der Waals surface area contributed by atoms with Crippen LogP contribution in [0.2, 0.25) is 5.02 Å². The number of hydrogen-bond acceptors (Lipinski definition) is 3. The van der Waals surface area contributed by atoms with Crippen molar-refractivity contribution in [2.45, 2.75) is 12.3 Å². The Morgan fingerprint density at radius 1 is 1.04 bits per heavy atom. The smallest absolute Gasteiger partial charge is 0.251 e. The number of benzene rings is 2. The molecule has 130 valence electrons. The molecule has 2 aromatic carbocycles. The molecule has 0 heterocycles. The molecule has 25 heavy (non-hydrogen) atoms. The van der Waals surface area contributed by atoms with Gasteiger partial charge < -0.3 is 15.7 Å². The van der Waals surface area contributed by atoms with Crippen LogP contribution in [0.4, 0.5) is 0 Å². The van der Waals surface area contributed by atoms with E-state index in [0.717, 1.165) is 12.0 Å². The summed E-state index contributed by atoms with van der Waals surface area (Å²) in [5.41, 5.74) is 1.48. The van der Waals surface area contributed by atoms with Crippen LogP contribution in [0.5, 0.6) is 5.75 Å². The summed E-state index contributed by atoms with van der Waals surface area (Å²) in [7, 11) is 0. The first-order chi connectivity index (χ1) is 12.1. The fourth-order valence-corrected chi connectivity index (χ4v) is 3.09. The first-order valence-electron chi connectivity index (χ1n) is 8.15. The fourth-order valence-electron chi connectivity index (χ4n) is 2.81. The van der Waals surface area contributed by atoms with Crippen molar-refractivity contribution in [3.05, 3.63) is 64.7 Å². The molecule has 2 aromatic rings. The number of aromatic hydroxyl groups is 1. The third kappa shape index (κ3) is 4.31. The second-order valence-corrected chi connectivity index (χ2v) is 6.47. The number of amides is 2. The van der Waals surface area contributed by atoms with Crippen molar-refractivity contribution in [3.63, 3.8) is 0 Å². The summed E-state index contributed by atoms with van der Waals surface area (Å²) in [6.45, 7) is 0.712. The SMILES string of the molecule is O=C(NCCNC(=O)[C@H]1C[C@H]1c1ccccc1Cl)c1ccc(O)cc1. The highest BCUT2D eigenvalue weighted by atomic mass is 35.5. The molecule has 6 heteroatoms. The number of carbonyl (C=O) groups excluding carboxylic acids is 2. The quantitative estimate of drug-likeness (QED) is 0.695. The standard InChI is InChI=1S/C19H19ClN2O3/c20-17-4-2-1-3-14(17)15-11-16(15)19(25)22-10-9-21-18(24)12-5-7-13(23)8-6-12/h1-8,15-16,23H,9-11H2,(H,21,24)(H,22,25)/t15-,16-/m0/s1. The third-order valence-corrected chi connectivity index (χ3v) is 4.62. The molecular weight excluding hydrogens is 340 g/mol. The minimum atomic E-state index is -0.241. The van der Waals surface area contributed by atoms with E-state index in [1.165, 1.54) is 12.1 Å². The third-order valence-electron chi connectivity index (χ3n) is 4.27. The molecular formula is C19H19ClN2O3. The number of rotatable bonds is 6. The highest BCUT2D eigenvalue weighted by molar-refractivity contribution is 6.31. The number of halogens is 1. The van der Waals surface area contributed by atoms with Gasteiger partial charge in [-0.3, -0.25) is 9.59 Å². The van der Waals surface area contributed by atoms with Crippen LogP contribution in [0.25, 0.3) is 0 Å². The zero-order valence-electron chi connectivity index (χ0n) is 13.5. The topological polar surface area (TPSA) is 78.4 Å². The molecule has 3 N–H and O–H groups in total. The normalized spacial score (nSPS) is 18.4. The second-order valence-electron chi connectivity index (χ2n) is 6.06. The van der Waals surface area contributed by atoms with Crippen LogP contribution in [0.15, 0.2) is 48.5 Å². The van der Waals surface area contributed by atoms with Crippen LogP contribution in [0, 0.1) is 5.92 Å². The predicted octanol–water partition coefficient (Wildman–Crippen LogP) is 2.70. The monoisotopic (exact) mass is 358 g/mol. The summed E-state index contributed by atoms with van der Waals surface area (Å²) < 4.78 is 0. The van der Waals surface area contributed by atoms with E-state index in [1.807, 2.05) is 24.3 Å². The first kappa shape index (κ1) is 17.3. The number of carbonyl (C=O) groups is 2. The van der Waals surface area contributed by atoms with Crippen LogP contribution >= 0.6 is 11.6 Å². The number of nitrogens with one attached hydrogen (secondary N) is 2. The van der Waals surface area contributed by atoms with E-state index in [1.54, 1.807) is 12.1 Å². The molecule has 0 bridgehead atoms. The van der Waals surface area contributed by atoms with Crippen LogP contribution in [0.3, 0.4) is 0 Å². The van der Waals surface area contributed by atoms with E-state index < -0.39 is 0 Å². The molecule has 0 unspecified atom stereocenters. The molecule has 5 nitrogen and oxygen atoms in total. The van der Waals surface area contributed by atoms with Crippen molar-refractivity contribution < 1.29 is 14.7 Å². The van der Waals surface area contributed by atoms with E-state index in [9.17, 15) is 14.7 Å². The Bertz CT molecular complexity index is 776. The lowest BCUT2D eigenvalue weighted by Gasteiger charge is -2.08. The lowest BCUT2D eigenvalue weighted by Crippen LogP contribution is -2.35. The summed E-state index contributed by atoms with van der Waals surface area (Å²) in [5, 5.41) is 15.5. The van der Waals surface area contributed by atoms with E-state index in [0.29, 0.717) is 23.7 Å². The van der Waals surface area contributed by atoms with Gasteiger partial charge in [0.05, 0.1) is 0 Å². The van der Waals surface area contributed by atoms with Gasteiger partial charge in [-0.05, 0) is 48.2 Å². The van der Waals surface area contributed by atoms with Crippen LogP contribution in [-0.4, -0.2) is 30.0 Å². The van der Waals surface area contributed by atoms with Crippen LogP contribution in [-0.2, 0) is 4.79 Å². The summed E-state index contributed by atoms with van der Waals surface area (Å²) in [6, 6.07) is 13.6. The molecule has 0 saturated heterocycles. The number of hydrogen-bond donors (Lipinski definition) is 3. The second kappa shape index (κ2) is 7.57. The fraction of sp³-hybridized carbons (Fsp3) is 0.263. The summed E-state index contributed by atoms with van der Waals surface area (Å²) in [6.07, 6.45) is 0.801. The van der Waals surface area contributed by atoms with Crippen LogP contribution < -0.4 is 10.6 Å². The van der Waals surface area contributed by atoms with Crippen molar-refractivity contribution in [1.82, 2.24) is 10.6 Å². The van der Waals surface area contributed by atoms with E-state index in [4.69, 9.17) is 11.6 Å². The van der Waals surface area contributed by atoms with Gasteiger partial charge in [0.2, 0.25) is 5.91 Å². The molecule has 3 rings (SSSR count). The minimum Gasteiger partial charge on any atom is -0.508 e. The van der Waals surface area contributed by atoms with E-state index in [-0.39, 0.29) is 29.4 Å². The molecule has 0 aliphatic heterocycles. The van der Waals surface area contributed by atoms with Gasteiger partial charge in [0.25, 0.3) is 5.91 Å². The summed E-state index contributed by atoms with van der Waals surface area (Å²) in [4.78, 5) is 24.1. The maximum Gasteiger partial charge on any atom is 0.251 e. The highest BCUT2D eigenvalue weighted by Gasteiger charge is 2.44. The predicted molar refractivity (Wildman–Crippen MR) is 95.7 cm³/mol. The largest absolute Gasteiger partial charge is 0.508 e. The molecule has 1 aliphatic rings.